The van der Waals surface area contributed by atoms with Gasteiger partial charge in [-0.1, -0.05) is 11.6 Å². The fourth-order valence-electron chi connectivity index (χ4n) is 5.14. The molecule has 1 unspecified atom stereocenters. The number of anilines is 3. The molecule has 0 aliphatic carbocycles. The van der Waals surface area contributed by atoms with E-state index in [2.05, 4.69) is 5.10 Å². The van der Waals surface area contributed by atoms with E-state index in [9.17, 15) is 27.2 Å². The molecule has 1 fully saturated rings. The second kappa shape index (κ2) is 10.3. The van der Waals surface area contributed by atoms with E-state index in [1.165, 1.54) is 29.5 Å². The van der Waals surface area contributed by atoms with Crippen molar-refractivity contribution in [2.24, 2.45) is 7.05 Å². The number of hydrogen-bond acceptors (Lipinski definition) is 6. The van der Waals surface area contributed by atoms with Crippen LogP contribution in [0, 0.1) is 5.82 Å². The first-order valence-corrected chi connectivity index (χ1v) is 12.8. The van der Waals surface area contributed by atoms with Gasteiger partial charge >= 0.3 is 6.18 Å². The Balaban J connectivity index is 1.47. The zero-order valence-corrected chi connectivity index (χ0v) is 22.0. The summed E-state index contributed by atoms with van der Waals surface area (Å²) in [5.74, 6) is -1.02. The fraction of sp³-hybridized carbons (Fsp3) is 0.423. The van der Waals surface area contributed by atoms with E-state index in [1.807, 2.05) is 4.90 Å². The second-order valence-corrected chi connectivity index (χ2v) is 10.0. The van der Waals surface area contributed by atoms with Gasteiger partial charge in [-0.25, -0.2) is 4.39 Å². The lowest BCUT2D eigenvalue weighted by Crippen LogP contribution is -2.39. The standard InChI is InChI=1S/C26H26ClF4N5O3/c1-33(18-7-6-16(28)12-17(18)26(29,30)31)19-11-15-8-9-35(14-21(15)34(2)24(19)37)20-13-32-36(25(38)23(20)27)22-5-3-4-10-39-22/h6-7,11-13,22H,3-5,8-10,14H2,1-2H3. The number of rotatable bonds is 4. The summed E-state index contributed by atoms with van der Waals surface area (Å²) in [4.78, 5) is 29.3. The summed E-state index contributed by atoms with van der Waals surface area (Å²) in [5.41, 5.74) is -0.647. The van der Waals surface area contributed by atoms with Crippen molar-refractivity contribution < 1.29 is 22.3 Å². The van der Waals surface area contributed by atoms with Crippen molar-refractivity contribution in [1.82, 2.24) is 14.3 Å². The van der Waals surface area contributed by atoms with Gasteiger partial charge < -0.3 is 19.1 Å². The van der Waals surface area contributed by atoms with Gasteiger partial charge in [-0.3, -0.25) is 9.59 Å². The third kappa shape index (κ3) is 5.03. The topological polar surface area (TPSA) is 72.6 Å². The maximum atomic E-state index is 13.6. The van der Waals surface area contributed by atoms with Gasteiger partial charge in [-0.05, 0) is 55.5 Å². The average molecular weight is 568 g/mol. The number of pyridine rings is 1. The lowest BCUT2D eigenvalue weighted by molar-refractivity contribution is -0.137. The summed E-state index contributed by atoms with van der Waals surface area (Å²) in [6, 6.07) is 3.91. The summed E-state index contributed by atoms with van der Waals surface area (Å²) in [5, 5.41) is 4.30. The number of fused-ring (bicyclic) bond motifs is 1. The van der Waals surface area contributed by atoms with E-state index in [1.54, 1.807) is 6.07 Å². The van der Waals surface area contributed by atoms with Crippen molar-refractivity contribution in [1.29, 1.82) is 0 Å². The normalized spacial score (nSPS) is 17.7. The maximum Gasteiger partial charge on any atom is 0.418 e. The van der Waals surface area contributed by atoms with Crippen LogP contribution in [0.5, 0.6) is 0 Å². The quantitative estimate of drug-likeness (QED) is 0.423. The van der Waals surface area contributed by atoms with E-state index in [4.69, 9.17) is 16.3 Å². The molecule has 0 saturated carbocycles. The molecule has 5 rings (SSSR count). The van der Waals surface area contributed by atoms with Crippen LogP contribution < -0.4 is 20.9 Å². The van der Waals surface area contributed by atoms with Crippen molar-refractivity contribution in [2.75, 3.05) is 30.0 Å². The molecule has 0 amide bonds. The zero-order valence-electron chi connectivity index (χ0n) is 21.3. The summed E-state index contributed by atoms with van der Waals surface area (Å²) < 4.78 is 62.8. The molecule has 1 saturated heterocycles. The summed E-state index contributed by atoms with van der Waals surface area (Å²) in [7, 11) is 2.88. The maximum absolute atomic E-state index is 13.6. The fourth-order valence-corrected chi connectivity index (χ4v) is 5.40. The minimum atomic E-state index is -4.81. The molecule has 2 aliphatic heterocycles. The van der Waals surface area contributed by atoms with Gasteiger partial charge in [0.05, 0.1) is 29.7 Å². The molecule has 39 heavy (non-hydrogen) atoms. The lowest BCUT2D eigenvalue weighted by Gasteiger charge is -2.33. The van der Waals surface area contributed by atoms with Crippen molar-refractivity contribution in [3.8, 4) is 0 Å². The Bertz CT molecular complexity index is 1530. The van der Waals surface area contributed by atoms with Crippen LogP contribution in [0.2, 0.25) is 5.02 Å². The molecule has 8 nitrogen and oxygen atoms in total. The number of hydrogen-bond donors (Lipinski definition) is 0. The highest BCUT2D eigenvalue weighted by Gasteiger charge is 2.36. The van der Waals surface area contributed by atoms with Crippen LogP contribution in [0.1, 0.15) is 42.3 Å². The van der Waals surface area contributed by atoms with Crippen LogP contribution in [0.25, 0.3) is 0 Å². The minimum Gasteiger partial charge on any atom is -0.363 e. The van der Waals surface area contributed by atoms with Crippen molar-refractivity contribution >= 4 is 28.7 Å². The van der Waals surface area contributed by atoms with E-state index in [0.717, 1.165) is 35.4 Å². The Morgan fingerprint density at radius 3 is 2.59 bits per heavy atom. The van der Waals surface area contributed by atoms with E-state index in [-0.39, 0.29) is 22.9 Å². The molecule has 0 N–H and O–H groups in total. The van der Waals surface area contributed by atoms with E-state index in [0.29, 0.717) is 43.4 Å². The zero-order chi connectivity index (χ0) is 28.1. The Kier molecular flexibility index (Phi) is 7.19. The molecule has 0 bridgehead atoms. The minimum absolute atomic E-state index is 0.0000307. The first kappa shape index (κ1) is 27.2. The van der Waals surface area contributed by atoms with Gasteiger partial charge in [-0.15, -0.1) is 0 Å². The molecule has 0 spiro atoms. The van der Waals surface area contributed by atoms with Crippen LogP contribution in [0.4, 0.5) is 34.6 Å². The molecule has 0 radical (unpaired) electrons. The third-order valence-electron chi connectivity index (χ3n) is 7.28. The van der Waals surface area contributed by atoms with Crippen LogP contribution in [-0.2, 0) is 30.9 Å². The van der Waals surface area contributed by atoms with Crippen LogP contribution in [-0.4, -0.2) is 34.5 Å². The Labute approximate surface area is 226 Å². The van der Waals surface area contributed by atoms with E-state index >= 15 is 0 Å². The van der Waals surface area contributed by atoms with Crippen LogP contribution in [0.15, 0.2) is 40.1 Å². The Morgan fingerprint density at radius 2 is 1.90 bits per heavy atom. The largest absolute Gasteiger partial charge is 0.418 e. The summed E-state index contributed by atoms with van der Waals surface area (Å²) in [6.07, 6.45) is -0.809. The van der Waals surface area contributed by atoms with Gasteiger partial charge in [0.1, 0.15) is 16.5 Å². The third-order valence-corrected chi connectivity index (χ3v) is 7.64. The summed E-state index contributed by atoms with van der Waals surface area (Å²) >= 11 is 6.48. The van der Waals surface area contributed by atoms with Gasteiger partial charge in [0.25, 0.3) is 11.1 Å². The number of ether oxygens (including phenoxy) is 1. The van der Waals surface area contributed by atoms with Gasteiger partial charge in [0.15, 0.2) is 6.23 Å². The smallest absolute Gasteiger partial charge is 0.363 e. The van der Waals surface area contributed by atoms with Crippen LogP contribution >= 0.6 is 11.6 Å². The number of nitrogens with zero attached hydrogens (tertiary/aromatic N) is 5. The Morgan fingerprint density at radius 1 is 1.13 bits per heavy atom. The van der Waals surface area contributed by atoms with Gasteiger partial charge in [0, 0.05) is 32.9 Å². The van der Waals surface area contributed by atoms with Crippen LogP contribution in [0.3, 0.4) is 0 Å². The van der Waals surface area contributed by atoms with Crippen molar-refractivity contribution in [3.63, 3.8) is 0 Å². The molecule has 2 aliphatic rings. The highest BCUT2D eigenvalue weighted by molar-refractivity contribution is 6.33. The summed E-state index contributed by atoms with van der Waals surface area (Å²) in [6.45, 7) is 1.22. The molecular weight excluding hydrogens is 542 g/mol. The van der Waals surface area contributed by atoms with Crippen molar-refractivity contribution in [2.45, 2.75) is 44.6 Å². The molecule has 1 atom stereocenters. The molecule has 2 aromatic heterocycles. The monoisotopic (exact) mass is 567 g/mol. The molecule has 3 aromatic rings. The van der Waals surface area contributed by atoms with Crippen molar-refractivity contribution in [3.05, 3.63) is 78.8 Å². The molecule has 4 heterocycles. The Hall–Kier alpha value is -3.38. The lowest BCUT2D eigenvalue weighted by atomic mass is 10.0. The highest BCUT2D eigenvalue weighted by Crippen LogP contribution is 2.39. The SMILES string of the molecule is CN(c1ccc(F)cc1C(F)(F)F)c1cc2c(n(C)c1=O)CN(c1cnn(C3CCCCO3)c(=O)c1Cl)CC2. The highest BCUT2D eigenvalue weighted by atomic mass is 35.5. The predicted octanol–water partition coefficient (Wildman–Crippen LogP) is 4.78. The second-order valence-electron chi connectivity index (χ2n) is 9.67. The average Bonchev–Trinajstić information content (AvgIpc) is 2.91. The number of alkyl halides is 3. The number of benzene rings is 1. The molecule has 13 heteroatoms. The number of aromatic nitrogens is 3. The first-order valence-electron chi connectivity index (χ1n) is 12.4. The molecule has 1 aromatic carbocycles. The van der Waals surface area contributed by atoms with E-state index < -0.39 is 34.9 Å². The van der Waals surface area contributed by atoms with Gasteiger partial charge in [-0.2, -0.15) is 23.0 Å². The molecule has 208 valence electrons. The molecular formula is C26H26ClF4N5O3. The first-order chi connectivity index (χ1) is 18.5. The van der Waals surface area contributed by atoms with Gasteiger partial charge in [0.2, 0.25) is 0 Å². The number of halogens is 5. The predicted molar refractivity (Wildman–Crippen MR) is 138 cm³/mol.